The number of hydrogen-bond acceptors (Lipinski definition) is 5. The van der Waals surface area contributed by atoms with Gasteiger partial charge in [-0.2, -0.15) is 0 Å². The monoisotopic (exact) mass is 980 g/mol. The minimum absolute atomic E-state index is 0.00816. The first-order valence-corrected chi connectivity index (χ1v) is 30.6. The Morgan fingerprint density at radius 3 is 1.11 bits per heavy atom. The Kier molecular flexibility index (Phi) is 57.1. The average Bonchev–Trinajstić information content (AvgIpc) is 3.36. The Bertz CT molecular complexity index is 1220. The third-order valence-corrected chi connectivity index (χ3v) is 13.8. The largest absolute Gasteiger partial charge is 0.466 e. The Labute approximate surface area is 435 Å². The van der Waals surface area contributed by atoms with E-state index < -0.39 is 12.1 Å². The van der Waals surface area contributed by atoms with Gasteiger partial charge in [0.05, 0.1) is 25.4 Å². The van der Waals surface area contributed by atoms with Crippen LogP contribution in [0.3, 0.4) is 0 Å². The summed E-state index contributed by atoms with van der Waals surface area (Å²) in [5, 5.41) is 23.1. The smallest absolute Gasteiger partial charge is 0.305 e. The molecule has 0 aromatic rings. The highest BCUT2D eigenvalue weighted by atomic mass is 16.5. The molecule has 6 nitrogen and oxygen atoms in total. The van der Waals surface area contributed by atoms with Gasteiger partial charge in [0, 0.05) is 12.8 Å². The topological polar surface area (TPSA) is 95.9 Å². The van der Waals surface area contributed by atoms with E-state index in [9.17, 15) is 19.8 Å². The van der Waals surface area contributed by atoms with Crippen LogP contribution in [0.15, 0.2) is 60.8 Å². The number of aliphatic hydroxyl groups excluding tert-OH is 2. The van der Waals surface area contributed by atoms with E-state index >= 15 is 0 Å². The predicted octanol–water partition coefficient (Wildman–Crippen LogP) is 19.1. The van der Waals surface area contributed by atoms with E-state index in [-0.39, 0.29) is 18.5 Å². The summed E-state index contributed by atoms with van der Waals surface area (Å²) >= 11 is 0. The van der Waals surface area contributed by atoms with Crippen LogP contribution in [0.25, 0.3) is 0 Å². The lowest BCUT2D eigenvalue weighted by atomic mass is 10.0. The zero-order chi connectivity index (χ0) is 50.7. The molecule has 2 unspecified atom stereocenters. The molecule has 0 heterocycles. The molecule has 70 heavy (non-hydrogen) atoms. The van der Waals surface area contributed by atoms with Crippen LogP contribution in [0, 0.1) is 0 Å². The van der Waals surface area contributed by atoms with Gasteiger partial charge in [0.2, 0.25) is 5.91 Å². The van der Waals surface area contributed by atoms with Gasteiger partial charge in [-0.15, -0.1) is 0 Å². The standard InChI is InChI=1S/C64H117NO5/c1-3-5-7-9-11-13-15-17-28-32-36-40-44-48-52-56-62(67)61(60-66)65-63(68)57-53-49-45-41-37-33-30-26-24-22-20-19-21-23-25-27-31-35-39-43-47-51-55-59-70-64(69)58-54-50-46-42-38-34-29-18-16-14-12-10-8-6-4-2/h12,14,18-19,21-22,24,29,52,56,61-62,66-67H,3-11,13,15-17,20,23,25-28,30-51,53-55,57-60H2,1-2H3,(H,65,68)/b14-12-,21-19-,24-22-,29-18-,56-52+. The summed E-state index contributed by atoms with van der Waals surface area (Å²) in [5.41, 5.74) is 0. The Balaban J connectivity index is 3.49. The van der Waals surface area contributed by atoms with Gasteiger partial charge in [-0.3, -0.25) is 9.59 Å². The molecule has 0 fully saturated rings. The maximum atomic E-state index is 12.5. The number of allylic oxidation sites excluding steroid dienone is 9. The number of carbonyl (C=O) groups is 2. The first-order chi connectivity index (χ1) is 34.5. The maximum absolute atomic E-state index is 12.5. The summed E-state index contributed by atoms with van der Waals surface area (Å²) in [6.07, 6.45) is 76.8. The lowest BCUT2D eigenvalue weighted by Gasteiger charge is -2.20. The SMILES string of the molecule is CCCCC/C=C\C/C=C\CCCCCCCC(=O)OCCCCCCCCCCC/C=C\C/C=C\CCCCCCCCCC(=O)NC(CO)C(O)/C=C/CCCCCCCCCCCCCCC. The second-order valence-corrected chi connectivity index (χ2v) is 20.7. The van der Waals surface area contributed by atoms with E-state index in [2.05, 4.69) is 67.8 Å². The molecule has 1 amide bonds. The fourth-order valence-electron chi connectivity index (χ4n) is 9.05. The zero-order valence-corrected chi connectivity index (χ0v) is 46.5. The number of amides is 1. The molecular formula is C64H117NO5. The maximum Gasteiger partial charge on any atom is 0.305 e. The summed E-state index contributed by atoms with van der Waals surface area (Å²) < 4.78 is 5.47. The number of rotatable bonds is 56. The van der Waals surface area contributed by atoms with Crippen LogP contribution in [0.5, 0.6) is 0 Å². The first-order valence-electron chi connectivity index (χ1n) is 30.6. The molecule has 2 atom stereocenters. The molecule has 3 N–H and O–H groups in total. The number of esters is 1. The van der Waals surface area contributed by atoms with Crippen LogP contribution >= 0.6 is 0 Å². The van der Waals surface area contributed by atoms with E-state index in [0.717, 1.165) is 70.6 Å². The molecule has 0 radical (unpaired) electrons. The van der Waals surface area contributed by atoms with Gasteiger partial charge >= 0.3 is 5.97 Å². The predicted molar refractivity (Wildman–Crippen MR) is 305 cm³/mol. The molecule has 0 aliphatic heterocycles. The fourth-order valence-corrected chi connectivity index (χ4v) is 9.05. The summed E-state index contributed by atoms with van der Waals surface area (Å²) in [4.78, 5) is 24.5. The molecule has 0 rings (SSSR count). The lowest BCUT2D eigenvalue weighted by Crippen LogP contribution is -2.45. The van der Waals surface area contributed by atoms with E-state index in [1.165, 1.54) is 212 Å². The third-order valence-electron chi connectivity index (χ3n) is 13.8. The lowest BCUT2D eigenvalue weighted by molar-refractivity contribution is -0.143. The molecule has 0 aliphatic carbocycles. The third kappa shape index (κ3) is 54.9. The quantitative estimate of drug-likeness (QED) is 0.0321. The molecular weight excluding hydrogens is 863 g/mol. The van der Waals surface area contributed by atoms with Crippen molar-refractivity contribution >= 4 is 11.9 Å². The molecule has 408 valence electrons. The minimum Gasteiger partial charge on any atom is -0.466 e. The molecule has 0 bridgehead atoms. The molecule has 0 saturated heterocycles. The van der Waals surface area contributed by atoms with Gasteiger partial charge in [0.15, 0.2) is 0 Å². The highest BCUT2D eigenvalue weighted by Crippen LogP contribution is 2.16. The molecule has 0 saturated carbocycles. The van der Waals surface area contributed by atoms with Crippen LogP contribution < -0.4 is 5.32 Å². The van der Waals surface area contributed by atoms with Crippen molar-refractivity contribution < 1.29 is 24.5 Å². The first kappa shape index (κ1) is 67.6. The summed E-state index contributed by atoms with van der Waals surface area (Å²) in [6, 6.07) is -0.637. The second kappa shape index (κ2) is 59.1. The normalized spacial score (nSPS) is 13.0. The van der Waals surface area contributed by atoms with Crippen molar-refractivity contribution in [1.29, 1.82) is 0 Å². The van der Waals surface area contributed by atoms with Crippen molar-refractivity contribution in [2.24, 2.45) is 0 Å². The van der Waals surface area contributed by atoms with Gasteiger partial charge in [0.1, 0.15) is 0 Å². The van der Waals surface area contributed by atoms with Crippen LogP contribution in [-0.2, 0) is 14.3 Å². The zero-order valence-electron chi connectivity index (χ0n) is 46.5. The number of unbranched alkanes of at least 4 members (excludes halogenated alkanes) is 37. The number of aliphatic hydroxyl groups is 2. The van der Waals surface area contributed by atoms with Crippen molar-refractivity contribution in [2.45, 2.75) is 321 Å². The van der Waals surface area contributed by atoms with Crippen molar-refractivity contribution in [3.8, 4) is 0 Å². The van der Waals surface area contributed by atoms with E-state index in [4.69, 9.17) is 4.74 Å². The fraction of sp³-hybridized carbons (Fsp3) is 0.812. The van der Waals surface area contributed by atoms with Crippen LogP contribution in [0.4, 0.5) is 0 Å². The van der Waals surface area contributed by atoms with E-state index in [1.54, 1.807) is 6.08 Å². The van der Waals surface area contributed by atoms with Crippen molar-refractivity contribution in [2.75, 3.05) is 13.2 Å². The van der Waals surface area contributed by atoms with Crippen LogP contribution in [-0.4, -0.2) is 47.4 Å². The molecule has 0 aromatic heterocycles. The van der Waals surface area contributed by atoms with Gasteiger partial charge in [-0.25, -0.2) is 0 Å². The van der Waals surface area contributed by atoms with Crippen LogP contribution in [0.1, 0.15) is 309 Å². The molecule has 6 heteroatoms. The number of ether oxygens (including phenoxy) is 1. The summed E-state index contributed by atoms with van der Waals surface area (Å²) in [6.45, 7) is 4.86. The van der Waals surface area contributed by atoms with E-state index in [1.807, 2.05) is 6.08 Å². The van der Waals surface area contributed by atoms with Crippen molar-refractivity contribution in [3.05, 3.63) is 60.8 Å². The van der Waals surface area contributed by atoms with Crippen LogP contribution in [0.2, 0.25) is 0 Å². The van der Waals surface area contributed by atoms with E-state index in [0.29, 0.717) is 19.4 Å². The Hall–Kier alpha value is -2.44. The van der Waals surface area contributed by atoms with Gasteiger partial charge in [-0.05, 0) is 96.3 Å². The van der Waals surface area contributed by atoms with Crippen molar-refractivity contribution in [3.63, 3.8) is 0 Å². The molecule has 0 spiro atoms. The average molecular weight is 981 g/mol. The van der Waals surface area contributed by atoms with Gasteiger partial charge in [-0.1, -0.05) is 261 Å². The number of carbonyl (C=O) groups excluding carboxylic acids is 2. The molecule has 0 aliphatic rings. The summed E-state index contributed by atoms with van der Waals surface area (Å²) in [7, 11) is 0. The highest BCUT2D eigenvalue weighted by Gasteiger charge is 2.18. The van der Waals surface area contributed by atoms with Gasteiger partial charge < -0.3 is 20.3 Å². The minimum atomic E-state index is -0.852. The summed E-state index contributed by atoms with van der Waals surface area (Å²) in [5.74, 6) is -0.0869. The van der Waals surface area contributed by atoms with Gasteiger partial charge in [0.25, 0.3) is 0 Å². The number of nitrogens with one attached hydrogen (secondary N) is 1. The second-order valence-electron chi connectivity index (χ2n) is 20.7. The highest BCUT2D eigenvalue weighted by molar-refractivity contribution is 5.76. The van der Waals surface area contributed by atoms with Crippen molar-refractivity contribution in [1.82, 2.24) is 5.32 Å². The Morgan fingerprint density at radius 1 is 0.400 bits per heavy atom. The molecule has 0 aromatic carbocycles. The number of hydrogen-bond donors (Lipinski definition) is 3. The Morgan fingerprint density at radius 2 is 0.714 bits per heavy atom.